The molecule has 0 radical (unpaired) electrons. The van der Waals surface area contributed by atoms with Crippen LogP contribution in [0.1, 0.15) is 32.6 Å². The number of aromatic nitrogens is 3. The van der Waals surface area contributed by atoms with Crippen molar-refractivity contribution in [3.05, 3.63) is 162 Å². The fourth-order valence-electron chi connectivity index (χ4n) is 5.99. The Morgan fingerprint density at radius 3 is 1.96 bits per heavy atom. The van der Waals surface area contributed by atoms with Gasteiger partial charge < -0.3 is 15.2 Å². The van der Waals surface area contributed by atoms with Crippen molar-refractivity contribution >= 4 is 40.4 Å². The minimum atomic E-state index is -1.28. The van der Waals surface area contributed by atoms with Crippen molar-refractivity contribution in [3.8, 4) is 0 Å². The van der Waals surface area contributed by atoms with Gasteiger partial charge >= 0.3 is 18.0 Å². The molecule has 4 N–H and O–H groups in total. The Kier molecular flexibility index (Phi) is 9.63. The molecule has 2 heterocycles. The van der Waals surface area contributed by atoms with Crippen molar-refractivity contribution in [1.29, 1.82) is 0 Å². The van der Waals surface area contributed by atoms with E-state index in [4.69, 9.17) is 4.74 Å². The highest BCUT2D eigenvalue weighted by molar-refractivity contribution is 6.07. The second-order valence-corrected chi connectivity index (χ2v) is 11.1. The smallest absolute Gasteiger partial charge is 0.341 e. The van der Waals surface area contributed by atoms with Gasteiger partial charge in [0, 0.05) is 17.8 Å². The zero-order valence-electron chi connectivity index (χ0n) is 26.4. The predicted molar refractivity (Wildman–Crippen MR) is 185 cm³/mol. The molecule has 2 amide bonds. The van der Waals surface area contributed by atoms with Gasteiger partial charge in [0.25, 0.3) is 0 Å². The van der Waals surface area contributed by atoms with Crippen molar-refractivity contribution in [3.63, 3.8) is 0 Å². The topological polar surface area (TPSA) is 155 Å². The first-order valence-corrected chi connectivity index (χ1v) is 15.4. The molecule has 1 atom stereocenters. The normalized spacial score (nSPS) is 11.8. The number of carboxylic acid groups (broad SMARTS) is 1. The van der Waals surface area contributed by atoms with E-state index in [1.165, 1.54) is 7.11 Å². The monoisotopic (exact) mass is 652 g/mol. The summed E-state index contributed by atoms with van der Waals surface area (Å²) in [6.07, 6.45) is 4.06. The SMILES string of the molecule is COC(=O)[C@H](Cc1ccc(NC(=O)Nc2ncncc2C(=O)O)c2ncccc12)NC(c1ccccc1)(c1ccccc1)c1ccccc1. The molecule has 4 aromatic carbocycles. The molecule has 2 aromatic heterocycles. The molecule has 0 aliphatic carbocycles. The lowest BCUT2D eigenvalue weighted by molar-refractivity contribution is -0.143. The number of hydrogen-bond donors (Lipinski definition) is 4. The van der Waals surface area contributed by atoms with Crippen molar-refractivity contribution in [2.24, 2.45) is 0 Å². The van der Waals surface area contributed by atoms with Crippen LogP contribution >= 0.6 is 0 Å². The van der Waals surface area contributed by atoms with Gasteiger partial charge in [-0.05, 0) is 40.8 Å². The highest BCUT2D eigenvalue weighted by atomic mass is 16.5. The molecule has 0 unspecified atom stereocenters. The predicted octanol–water partition coefficient (Wildman–Crippen LogP) is 6.03. The molecule has 6 aromatic rings. The van der Waals surface area contributed by atoms with Crippen LogP contribution in [-0.2, 0) is 21.5 Å². The van der Waals surface area contributed by atoms with E-state index in [2.05, 4.69) is 30.9 Å². The van der Waals surface area contributed by atoms with E-state index in [9.17, 15) is 19.5 Å². The van der Waals surface area contributed by atoms with Gasteiger partial charge in [-0.2, -0.15) is 0 Å². The molecule has 0 aliphatic rings. The third-order valence-electron chi connectivity index (χ3n) is 8.20. The Morgan fingerprint density at radius 1 is 0.776 bits per heavy atom. The quantitative estimate of drug-likeness (QED) is 0.0969. The Labute approximate surface area is 282 Å². The van der Waals surface area contributed by atoms with E-state index in [0.717, 1.165) is 34.8 Å². The summed E-state index contributed by atoms with van der Waals surface area (Å²) in [5.74, 6) is -1.89. The summed E-state index contributed by atoms with van der Waals surface area (Å²) in [6.45, 7) is 0. The number of carbonyl (C=O) groups is 3. The molecule has 11 heteroatoms. The number of fused-ring (bicyclic) bond motifs is 1. The highest BCUT2D eigenvalue weighted by Gasteiger charge is 2.40. The van der Waals surface area contributed by atoms with Gasteiger partial charge in [0.1, 0.15) is 17.9 Å². The van der Waals surface area contributed by atoms with Crippen LogP contribution in [0.15, 0.2) is 134 Å². The van der Waals surface area contributed by atoms with Gasteiger partial charge in [-0.25, -0.2) is 19.6 Å². The summed E-state index contributed by atoms with van der Waals surface area (Å²) in [5.41, 5.74) is 3.25. The Hall–Kier alpha value is -6.46. The maximum Gasteiger partial charge on any atom is 0.341 e. The molecule has 0 saturated heterocycles. The second kappa shape index (κ2) is 14.5. The van der Waals surface area contributed by atoms with Crippen LogP contribution in [0.4, 0.5) is 16.3 Å². The fourth-order valence-corrected chi connectivity index (χ4v) is 5.99. The van der Waals surface area contributed by atoms with Crippen LogP contribution in [0, 0.1) is 0 Å². The maximum absolute atomic E-state index is 13.7. The van der Waals surface area contributed by atoms with Crippen LogP contribution in [0.2, 0.25) is 0 Å². The lowest BCUT2D eigenvalue weighted by Gasteiger charge is -2.39. The molecule has 0 bridgehead atoms. The fraction of sp³-hybridized carbons (Fsp3) is 0.105. The average Bonchev–Trinajstić information content (AvgIpc) is 3.15. The van der Waals surface area contributed by atoms with E-state index < -0.39 is 29.6 Å². The van der Waals surface area contributed by atoms with Crippen molar-refractivity contribution in [1.82, 2.24) is 20.3 Å². The molecule has 11 nitrogen and oxygen atoms in total. The number of carboxylic acids is 1. The van der Waals surface area contributed by atoms with Crippen LogP contribution in [0.5, 0.6) is 0 Å². The molecular weight excluding hydrogens is 620 g/mol. The van der Waals surface area contributed by atoms with Crippen molar-refractivity contribution in [2.45, 2.75) is 18.0 Å². The molecule has 0 fully saturated rings. The average molecular weight is 653 g/mol. The number of nitrogens with one attached hydrogen (secondary N) is 3. The first-order chi connectivity index (χ1) is 23.9. The van der Waals surface area contributed by atoms with Crippen LogP contribution in [0.25, 0.3) is 10.9 Å². The molecular formula is C38H32N6O5. The van der Waals surface area contributed by atoms with E-state index in [1.807, 2.05) is 103 Å². The molecule has 0 spiro atoms. The number of esters is 1. The third-order valence-corrected chi connectivity index (χ3v) is 8.20. The van der Waals surface area contributed by atoms with Gasteiger partial charge in [-0.15, -0.1) is 0 Å². The zero-order chi connectivity index (χ0) is 34.2. The third kappa shape index (κ3) is 6.83. The minimum Gasteiger partial charge on any atom is -0.477 e. The largest absolute Gasteiger partial charge is 0.477 e. The van der Waals surface area contributed by atoms with Gasteiger partial charge in [-0.3, -0.25) is 20.4 Å². The second-order valence-electron chi connectivity index (χ2n) is 11.1. The van der Waals surface area contributed by atoms with E-state index >= 15 is 0 Å². The Balaban J connectivity index is 1.38. The Bertz CT molecular complexity index is 2000. The summed E-state index contributed by atoms with van der Waals surface area (Å²) in [4.78, 5) is 50.3. The van der Waals surface area contributed by atoms with Crippen molar-refractivity contribution in [2.75, 3.05) is 17.7 Å². The molecule has 49 heavy (non-hydrogen) atoms. The number of ether oxygens (including phenoxy) is 1. The first kappa shape index (κ1) is 32.5. The van der Waals surface area contributed by atoms with Crippen LogP contribution < -0.4 is 16.0 Å². The minimum absolute atomic E-state index is 0.153. The van der Waals surface area contributed by atoms with Crippen LogP contribution in [0.3, 0.4) is 0 Å². The number of amides is 2. The molecule has 0 saturated carbocycles. The van der Waals surface area contributed by atoms with Gasteiger partial charge in [0.2, 0.25) is 0 Å². The number of anilines is 2. The van der Waals surface area contributed by atoms with E-state index in [-0.39, 0.29) is 17.8 Å². The number of hydrogen-bond acceptors (Lipinski definition) is 8. The number of pyridine rings is 1. The summed E-state index contributed by atoms with van der Waals surface area (Å²) in [6, 6.07) is 35.5. The van der Waals surface area contributed by atoms with Crippen molar-refractivity contribution < 1.29 is 24.2 Å². The van der Waals surface area contributed by atoms with E-state index in [1.54, 1.807) is 18.3 Å². The maximum atomic E-state index is 13.7. The van der Waals surface area contributed by atoms with Gasteiger partial charge in [0.05, 0.1) is 23.9 Å². The summed E-state index contributed by atoms with van der Waals surface area (Å²) < 4.78 is 5.38. The zero-order valence-corrected chi connectivity index (χ0v) is 26.4. The highest BCUT2D eigenvalue weighted by Crippen LogP contribution is 2.38. The number of carbonyl (C=O) groups excluding carboxylic acids is 2. The number of benzene rings is 4. The van der Waals surface area contributed by atoms with Crippen LogP contribution in [-0.4, -0.2) is 51.2 Å². The summed E-state index contributed by atoms with van der Waals surface area (Å²) in [7, 11) is 1.37. The van der Waals surface area contributed by atoms with E-state index in [0.29, 0.717) is 16.6 Å². The lowest BCUT2D eigenvalue weighted by atomic mass is 9.76. The number of nitrogens with zero attached hydrogens (tertiary/aromatic N) is 3. The summed E-state index contributed by atoms with van der Waals surface area (Å²) in [5, 5.41) is 19.1. The lowest BCUT2D eigenvalue weighted by Crippen LogP contribution is -2.53. The Morgan fingerprint density at radius 2 is 1.39 bits per heavy atom. The molecule has 244 valence electrons. The molecule has 0 aliphatic heterocycles. The number of rotatable bonds is 11. The number of urea groups is 1. The molecule has 6 rings (SSSR count). The number of methoxy groups -OCH3 is 1. The summed E-state index contributed by atoms with van der Waals surface area (Å²) >= 11 is 0. The first-order valence-electron chi connectivity index (χ1n) is 15.4. The van der Waals surface area contributed by atoms with Gasteiger partial charge in [0.15, 0.2) is 5.82 Å². The van der Waals surface area contributed by atoms with Gasteiger partial charge in [-0.1, -0.05) is 103 Å². The standard InChI is InChI=1S/C38H32N6O5/c1-49-36(47)32(44-38(26-12-5-2-6-13-26,27-14-7-3-8-15-27)28-16-9-4-10-17-28)22-25-19-20-31(33-29(25)18-11-21-40-33)42-37(48)43-34-30(35(45)46)23-39-24-41-34/h2-21,23-24,32,44H,22H2,1H3,(H,45,46)(H2,39,41,42,43,48)/t32-/m0/s1. The number of aromatic carboxylic acids is 1.